The highest BCUT2D eigenvalue weighted by Gasteiger charge is 2.23. The van der Waals surface area contributed by atoms with Crippen LogP contribution in [-0.4, -0.2) is 32.6 Å². The molecule has 154 valence electrons. The molecule has 0 atom stereocenters. The molecular formula is C22H23N5O2S. The van der Waals surface area contributed by atoms with Crippen LogP contribution < -0.4 is 15.4 Å². The van der Waals surface area contributed by atoms with Crippen LogP contribution in [0.3, 0.4) is 0 Å². The van der Waals surface area contributed by atoms with Gasteiger partial charge in [0.1, 0.15) is 17.1 Å². The van der Waals surface area contributed by atoms with Gasteiger partial charge in [0.15, 0.2) is 10.8 Å². The van der Waals surface area contributed by atoms with E-state index < -0.39 is 5.41 Å². The van der Waals surface area contributed by atoms with E-state index in [2.05, 4.69) is 32.2 Å². The third-order valence-electron chi connectivity index (χ3n) is 4.03. The van der Waals surface area contributed by atoms with Crippen LogP contribution in [0.25, 0.3) is 22.4 Å². The van der Waals surface area contributed by atoms with E-state index in [-0.39, 0.29) is 5.97 Å². The Kier molecular flexibility index (Phi) is 6.37. The molecule has 2 N–H and O–H groups in total. The van der Waals surface area contributed by atoms with Crippen LogP contribution in [-0.2, 0) is 4.79 Å². The van der Waals surface area contributed by atoms with E-state index in [4.69, 9.17) is 17.0 Å². The maximum Gasteiger partial charge on any atom is 0.316 e. The first-order valence-electron chi connectivity index (χ1n) is 9.38. The lowest BCUT2D eigenvalue weighted by Gasteiger charge is -2.16. The van der Waals surface area contributed by atoms with Crippen molar-refractivity contribution in [2.24, 2.45) is 5.41 Å². The summed E-state index contributed by atoms with van der Waals surface area (Å²) in [5, 5.41) is 6.45. The van der Waals surface area contributed by atoms with Gasteiger partial charge in [0.25, 0.3) is 0 Å². The molecule has 7 nitrogen and oxygen atoms in total. The molecule has 0 saturated heterocycles. The second kappa shape index (κ2) is 8.96. The van der Waals surface area contributed by atoms with Crippen LogP contribution in [0.4, 0.5) is 5.82 Å². The van der Waals surface area contributed by atoms with Crippen molar-refractivity contribution in [3.63, 3.8) is 0 Å². The first-order chi connectivity index (χ1) is 14.3. The van der Waals surface area contributed by atoms with Gasteiger partial charge in [0.2, 0.25) is 0 Å². The summed E-state index contributed by atoms with van der Waals surface area (Å²) in [7, 11) is 0. The quantitative estimate of drug-likeness (QED) is 0.275. The van der Waals surface area contributed by atoms with Crippen LogP contribution in [0, 0.1) is 5.41 Å². The third-order valence-corrected chi connectivity index (χ3v) is 4.27. The van der Waals surface area contributed by atoms with Crippen LogP contribution in [0.1, 0.15) is 20.8 Å². The highest BCUT2D eigenvalue weighted by Crippen LogP contribution is 2.24. The number of thiocarbonyl (C=S) groups is 1. The summed E-state index contributed by atoms with van der Waals surface area (Å²) in [6.45, 7) is 9.64. The molecule has 0 fully saturated rings. The molecule has 0 aliphatic rings. The van der Waals surface area contributed by atoms with E-state index in [1.54, 1.807) is 30.5 Å². The summed E-state index contributed by atoms with van der Waals surface area (Å²) < 4.78 is 5.40. The zero-order chi connectivity index (χ0) is 21.7. The molecule has 0 amide bonds. The van der Waals surface area contributed by atoms with Crippen molar-refractivity contribution in [3.8, 4) is 17.0 Å². The number of fused-ring (bicyclic) bond motifs is 1. The van der Waals surface area contributed by atoms with Gasteiger partial charge >= 0.3 is 5.97 Å². The van der Waals surface area contributed by atoms with E-state index in [0.717, 1.165) is 5.56 Å². The number of benzene rings is 1. The minimum absolute atomic E-state index is 0.287. The predicted octanol–water partition coefficient (Wildman–Crippen LogP) is 4.12. The summed E-state index contributed by atoms with van der Waals surface area (Å²) >= 11 is 5.21. The highest BCUT2D eigenvalue weighted by molar-refractivity contribution is 7.80. The number of anilines is 1. The maximum absolute atomic E-state index is 12.0. The van der Waals surface area contributed by atoms with Crippen molar-refractivity contribution in [2.45, 2.75) is 20.8 Å². The smallest absolute Gasteiger partial charge is 0.316 e. The van der Waals surface area contributed by atoms with Crippen molar-refractivity contribution < 1.29 is 9.53 Å². The monoisotopic (exact) mass is 421 g/mol. The van der Waals surface area contributed by atoms with Gasteiger partial charge in [-0.2, -0.15) is 0 Å². The summed E-state index contributed by atoms with van der Waals surface area (Å²) in [6.07, 6.45) is 3.40. The molecule has 1 aromatic carbocycles. The number of hydrogen-bond acceptors (Lipinski definition) is 6. The van der Waals surface area contributed by atoms with Gasteiger partial charge in [-0.05, 0) is 69.4 Å². The molecule has 2 aromatic heterocycles. The molecule has 0 bridgehead atoms. The van der Waals surface area contributed by atoms with Crippen LogP contribution in [0.15, 0.2) is 55.3 Å². The van der Waals surface area contributed by atoms with E-state index in [0.29, 0.717) is 40.1 Å². The minimum atomic E-state index is -0.566. The number of hydrogen-bond donors (Lipinski definition) is 2. The Balaban J connectivity index is 1.79. The number of pyridine rings is 1. The van der Waals surface area contributed by atoms with Crippen LogP contribution >= 0.6 is 12.2 Å². The number of rotatable bonds is 5. The van der Waals surface area contributed by atoms with E-state index in [9.17, 15) is 4.79 Å². The number of nitrogens with one attached hydrogen (secondary N) is 2. The average Bonchev–Trinajstić information content (AvgIpc) is 2.71. The Morgan fingerprint density at radius 1 is 1.17 bits per heavy atom. The molecule has 30 heavy (non-hydrogen) atoms. The molecular weight excluding hydrogens is 398 g/mol. The lowest BCUT2D eigenvalue weighted by Crippen LogP contribution is -2.28. The zero-order valence-corrected chi connectivity index (χ0v) is 17.9. The molecule has 0 radical (unpaired) electrons. The minimum Gasteiger partial charge on any atom is -0.426 e. The van der Waals surface area contributed by atoms with Crippen LogP contribution in [0.2, 0.25) is 0 Å². The first-order valence-corrected chi connectivity index (χ1v) is 9.79. The van der Waals surface area contributed by atoms with Crippen molar-refractivity contribution in [1.29, 1.82) is 0 Å². The summed E-state index contributed by atoms with van der Waals surface area (Å²) in [5.41, 5.74) is 2.09. The number of carbonyl (C=O) groups excluding carboxylic acids is 1. The van der Waals surface area contributed by atoms with Crippen molar-refractivity contribution in [1.82, 2.24) is 20.3 Å². The third kappa shape index (κ3) is 5.36. The molecule has 3 rings (SSSR count). The van der Waals surface area contributed by atoms with Gasteiger partial charge in [-0.1, -0.05) is 6.08 Å². The van der Waals surface area contributed by atoms with Gasteiger partial charge in [-0.25, -0.2) is 9.97 Å². The molecule has 0 unspecified atom stereocenters. The van der Waals surface area contributed by atoms with E-state index >= 15 is 0 Å². The standard InChI is InChI=1S/C22H23N5O2S/c1-5-12-23-21(30)27-18-11-10-16-19(26-18)25-17(13-24-16)14-6-8-15(9-7-14)29-20(28)22(2,3)4/h5-11,13H,1,12H2,2-4H3,(H2,23,25,26,27,30). The maximum atomic E-state index is 12.0. The van der Waals surface area contributed by atoms with Gasteiger partial charge in [0.05, 0.1) is 17.3 Å². The van der Waals surface area contributed by atoms with Crippen LogP contribution in [0.5, 0.6) is 5.75 Å². The lowest BCUT2D eigenvalue weighted by atomic mass is 9.97. The molecule has 0 aliphatic heterocycles. The zero-order valence-electron chi connectivity index (χ0n) is 17.1. The Morgan fingerprint density at radius 3 is 2.57 bits per heavy atom. The summed E-state index contributed by atoms with van der Waals surface area (Å²) in [4.78, 5) is 25.5. The number of nitrogens with zero attached hydrogens (tertiary/aromatic N) is 3. The van der Waals surface area contributed by atoms with E-state index in [1.165, 1.54) is 0 Å². The molecule has 0 saturated carbocycles. The van der Waals surface area contributed by atoms with Gasteiger partial charge < -0.3 is 15.4 Å². The molecule has 0 spiro atoms. The van der Waals surface area contributed by atoms with Crippen molar-refractivity contribution in [3.05, 3.63) is 55.3 Å². The molecule has 8 heteroatoms. The van der Waals surface area contributed by atoms with Gasteiger partial charge in [0, 0.05) is 12.1 Å². The molecule has 3 aromatic rings. The Labute approximate surface area is 180 Å². The highest BCUT2D eigenvalue weighted by atomic mass is 32.1. The molecule has 2 heterocycles. The fraction of sp³-hybridized carbons (Fsp3) is 0.227. The second-order valence-electron chi connectivity index (χ2n) is 7.58. The van der Waals surface area contributed by atoms with Crippen molar-refractivity contribution in [2.75, 3.05) is 11.9 Å². The Bertz CT molecular complexity index is 1090. The normalized spacial score (nSPS) is 11.0. The summed E-state index contributed by atoms with van der Waals surface area (Å²) in [6, 6.07) is 10.7. The number of ether oxygens (including phenoxy) is 1. The first kappa shape index (κ1) is 21.3. The fourth-order valence-corrected chi connectivity index (χ4v) is 2.57. The van der Waals surface area contributed by atoms with E-state index in [1.807, 2.05) is 39.0 Å². The largest absolute Gasteiger partial charge is 0.426 e. The SMILES string of the molecule is C=CCNC(=S)Nc1ccc2ncc(-c3ccc(OC(=O)C(C)(C)C)cc3)nc2n1. The van der Waals surface area contributed by atoms with Gasteiger partial charge in [-0.3, -0.25) is 9.78 Å². The van der Waals surface area contributed by atoms with Gasteiger partial charge in [-0.15, -0.1) is 6.58 Å². The fourth-order valence-electron chi connectivity index (χ4n) is 2.39. The summed E-state index contributed by atoms with van der Waals surface area (Å²) in [5.74, 6) is 0.767. The topological polar surface area (TPSA) is 89.0 Å². The second-order valence-corrected chi connectivity index (χ2v) is 7.99. The predicted molar refractivity (Wildman–Crippen MR) is 122 cm³/mol. The average molecular weight is 422 g/mol. The number of aromatic nitrogens is 3. The number of esters is 1. The van der Waals surface area contributed by atoms with Crippen molar-refractivity contribution >= 4 is 40.3 Å². The molecule has 0 aliphatic carbocycles. The Morgan fingerprint density at radius 2 is 1.90 bits per heavy atom. The Hall–Kier alpha value is -3.39. The lowest BCUT2D eigenvalue weighted by molar-refractivity contribution is -0.142. The number of carbonyl (C=O) groups is 1.